The lowest BCUT2D eigenvalue weighted by Crippen LogP contribution is -2.33. The first-order chi connectivity index (χ1) is 16.8. The Morgan fingerprint density at radius 3 is 2.60 bits per heavy atom. The maximum absolute atomic E-state index is 10.6. The van der Waals surface area contributed by atoms with Crippen LogP contribution in [0, 0.1) is 23.2 Å². The number of phenols is 1. The molecule has 2 aliphatic rings. The largest absolute Gasteiger partial charge is 0.508 e. The normalized spacial score (nSPS) is 27.6. The second-order valence-corrected chi connectivity index (χ2v) is 12.1. The van der Waals surface area contributed by atoms with Crippen molar-refractivity contribution in [2.24, 2.45) is 23.2 Å². The molecule has 2 aliphatic carbocycles. The van der Waals surface area contributed by atoms with Gasteiger partial charge in [-0.25, -0.2) is 0 Å². The maximum Gasteiger partial charge on any atom is 0.116 e. The molecule has 1 fully saturated rings. The fourth-order valence-corrected chi connectivity index (χ4v) is 6.93. The highest BCUT2D eigenvalue weighted by atomic mass is 16.3. The second kappa shape index (κ2) is 11.8. The van der Waals surface area contributed by atoms with E-state index < -0.39 is 0 Å². The number of aliphatic hydroxyl groups is 1. The molecule has 5 atom stereocenters. The van der Waals surface area contributed by atoms with E-state index in [2.05, 4.69) is 56.3 Å². The van der Waals surface area contributed by atoms with E-state index in [1.54, 1.807) is 0 Å². The summed E-state index contributed by atoms with van der Waals surface area (Å²) in [5, 5.41) is 20.2. The van der Waals surface area contributed by atoms with Crippen molar-refractivity contribution in [3.8, 4) is 5.75 Å². The summed E-state index contributed by atoms with van der Waals surface area (Å²) >= 11 is 0. The van der Waals surface area contributed by atoms with Gasteiger partial charge in [0.05, 0.1) is 6.10 Å². The Kier molecular flexibility index (Phi) is 8.76. The summed E-state index contributed by atoms with van der Waals surface area (Å²) in [6.45, 7) is 6.76. The fourth-order valence-electron chi connectivity index (χ4n) is 6.93. The number of benzene rings is 2. The lowest BCUT2D eigenvalue weighted by molar-refractivity contribution is 0.119. The summed E-state index contributed by atoms with van der Waals surface area (Å²) in [7, 11) is 0. The van der Waals surface area contributed by atoms with Gasteiger partial charge in [-0.3, -0.25) is 0 Å². The number of phenolic OH excluding ortho intramolecular Hbond substituents is 1. The van der Waals surface area contributed by atoms with Crippen molar-refractivity contribution in [1.82, 2.24) is 0 Å². The Hall–Kier alpha value is -2.06. The third-order valence-electron chi connectivity index (χ3n) is 8.68. The summed E-state index contributed by atoms with van der Waals surface area (Å²) in [6, 6.07) is 14.9. The van der Waals surface area contributed by atoms with Gasteiger partial charge in [0.1, 0.15) is 5.75 Å². The van der Waals surface area contributed by atoms with Crippen LogP contribution in [0.2, 0.25) is 0 Å². The van der Waals surface area contributed by atoms with E-state index in [0.717, 1.165) is 43.9 Å². The van der Waals surface area contributed by atoms with Gasteiger partial charge in [-0.2, -0.15) is 0 Å². The van der Waals surface area contributed by atoms with Crippen LogP contribution in [0.1, 0.15) is 94.4 Å². The third kappa shape index (κ3) is 7.23. The number of aromatic hydroxyl groups is 1. The molecular weight excluding hydrogens is 428 g/mol. The Morgan fingerprint density at radius 2 is 1.83 bits per heavy atom. The van der Waals surface area contributed by atoms with Crippen molar-refractivity contribution >= 4 is 0 Å². The zero-order chi connectivity index (χ0) is 24.8. The quantitative estimate of drug-likeness (QED) is 0.361. The van der Waals surface area contributed by atoms with Crippen molar-refractivity contribution in [3.05, 3.63) is 76.9 Å². The average Bonchev–Trinajstić information content (AvgIpc) is 2.80. The zero-order valence-corrected chi connectivity index (χ0v) is 22.2. The number of allylic oxidation sites excluding steroid dienone is 2. The van der Waals surface area contributed by atoms with E-state index in [4.69, 9.17) is 0 Å². The number of hydrogen-bond donors (Lipinski definition) is 2. The summed E-state index contributed by atoms with van der Waals surface area (Å²) in [4.78, 5) is 0. The minimum atomic E-state index is -0.240. The molecule has 0 radical (unpaired) electrons. The molecule has 2 aromatic carbocycles. The van der Waals surface area contributed by atoms with Crippen molar-refractivity contribution in [1.29, 1.82) is 0 Å². The van der Waals surface area contributed by atoms with Crippen molar-refractivity contribution < 1.29 is 10.2 Å². The molecule has 0 saturated heterocycles. The molecule has 0 aliphatic heterocycles. The van der Waals surface area contributed by atoms with E-state index in [0.29, 0.717) is 17.1 Å². The van der Waals surface area contributed by atoms with Crippen LogP contribution in [-0.2, 0) is 19.3 Å². The SMILES string of the molecule is C[C@H]1CC=C[C@](C)([C@H]2CCC[C@@H](Cc3cc(O)cc(Cc4ccccc4CCC[C@H](C)O)c3)C2)C1. The van der Waals surface area contributed by atoms with Crippen molar-refractivity contribution in [2.45, 2.75) is 97.5 Å². The number of aliphatic hydroxyl groups excluding tert-OH is 1. The van der Waals surface area contributed by atoms with Crippen LogP contribution in [0.5, 0.6) is 5.75 Å². The highest BCUT2D eigenvalue weighted by Crippen LogP contribution is 2.48. The molecule has 0 bridgehead atoms. The molecule has 2 aromatic rings. The standard InChI is InChI=1S/C33H46O2/c1-24-9-8-16-33(3,23-24)31-15-7-11-26(20-31)17-27-18-28(22-32(35)21-27)19-30-13-5-4-12-29(30)14-6-10-25(2)34/h4-5,8,12-13,16,18,21-22,24-26,31,34-35H,6-7,9-11,14-15,17,19-20,23H2,1-3H3/t24-,25-,26-,31-,33-/m0/s1. The number of hydrogen-bond acceptors (Lipinski definition) is 2. The molecule has 0 spiro atoms. The summed E-state index contributed by atoms with van der Waals surface area (Å²) < 4.78 is 0. The molecule has 35 heavy (non-hydrogen) atoms. The predicted molar refractivity (Wildman–Crippen MR) is 147 cm³/mol. The molecule has 0 heterocycles. The number of rotatable bonds is 9. The van der Waals surface area contributed by atoms with Crippen LogP contribution >= 0.6 is 0 Å². The number of aryl methyl sites for hydroxylation is 1. The van der Waals surface area contributed by atoms with Crippen LogP contribution in [0.25, 0.3) is 0 Å². The van der Waals surface area contributed by atoms with Crippen LogP contribution in [-0.4, -0.2) is 16.3 Å². The fraction of sp³-hybridized carbons (Fsp3) is 0.576. The van der Waals surface area contributed by atoms with Gasteiger partial charge in [-0.05, 0) is 122 Å². The van der Waals surface area contributed by atoms with Crippen molar-refractivity contribution in [3.63, 3.8) is 0 Å². The van der Waals surface area contributed by atoms with Gasteiger partial charge in [-0.15, -0.1) is 0 Å². The first-order valence-corrected chi connectivity index (χ1v) is 14.0. The Bertz CT molecular complexity index is 990. The Morgan fingerprint density at radius 1 is 1.06 bits per heavy atom. The van der Waals surface area contributed by atoms with E-state index in [9.17, 15) is 10.2 Å². The summed E-state index contributed by atoms with van der Waals surface area (Å²) in [5.74, 6) is 2.69. The summed E-state index contributed by atoms with van der Waals surface area (Å²) in [6.07, 6.45) is 17.3. The molecular formula is C33H46O2. The molecule has 2 heteroatoms. The van der Waals surface area contributed by atoms with E-state index >= 15 is 0 Å². The van der Waals surface area contributed by atoms with Crippen LogP contribution in [0.3, 0.4) is 0 Å². The van der Waals surface area contributed by atoms with Gasteiger partial charge in [0.15, 0.2) is 0 Å². The first kappa shape index (κ1) is 26.0. The first-order valence-electron chi connectivity index (χ1n) is 14.0. The second-order valence-electron chi connectivity index (χ2n) is 12.1. The Labute approximate surface area is 213 Å². The molecule has 2 N–H and O–H groups in total. The van der Waals surface area contributed by atoms with Crippen molar-refractivity contribution in [2.75, 3.05) is 0 Å². The van der Waals surface area contributed by atoms with Crippen LogP contribution < -0.4 is 0 Å². The van der Waals surface area contributed by atoms with Gasteiger partial charge in [0, 0.05) is 0 Å². The monoisotopic (exact) mass is 474 g/mol. The predicted octanol–water partition coefficient (Wildman–Crippen LogP) is 8.03. The molecule has 0 aromatic heterocycles. The lowest BCUT2D eigenvalue weighted by atomic mass is 9.61. The van der Waals surface area contributed by atoms with Gasteiger partial charge < -0.3 is 10.2 Å². The average molecular weight is 475 g/mol. The maximum atomic E-state index is 10.6. The van der Waals surface area contributed by atoms with Gasteiger partial charge in [0.2, 0.25) is 0 Å². The molecule has 4 rings (SSSR count). The zero-order valence-electron chi connectivity index (χ0n) is 22.2. The summed E-state index contributed by atoms with van der Waals surface area (Å²) in [5.41, 5.74) is 5.54. The van der Waals surface area contributed by atoms with Crippen LogP contribution in [0.15, 0.2) is 54.6 Å². The van der Waals surface area contributed by atoms with E-state index in [1.165, 1.54) is 60.8 Å². The molecule has 2 nitrogen and oxygen atoms in total. The molecule has 0 unspecified atom stereocenters. The lowest BCUT2D eigenvalue weighted by Gasteiger charge is -2.43. The smallest absolute Gasteiger partial charge is 0.116 e. The highest BCUT2D eigenvalue weighted by molar-refractivity contribution is 5.39. The van der Waals surface area contributed by atoms with E-state index in [1.807, 2.05) is 19.1 Å². The van der Waals surface area contributed by atoms with Crippen LogP contribution in [0.4, 0.5) is 0 Å². The van der Waals surface area contributed by atoms with Gasteiger partial charge in [-0.1, -0.05) is 69.2 Å². The molecule has 190 valence electrons. The topological polar surface area (TPSA) is 40.5 Å². The highest BCUT2D eigenvalue weighted by Gasteiger charge is 2.37. The molecule has 0 amide bonds. The Balaban J connectivity index is 1.43. The van der Waals surface area contributed by atoms with E-state index in [-0.39, 0.29) is 6.10 Å². The van der Waals surface area contributed by atoms with Gasteiger partial charge >= 0.3 is 0 Å². The molecule has 1 saturated carbocycles. The minimum Gasteiger partial charge on any atom is -0.508 e. The third-order valence-corrected chi connectivity index (χ3v) is 8.68. The minimum absolute atomic E-state index is 0.240. The van der Waals surface area contributed by atoms with Gasteiger partial charge in [0.25, 0.3) is 0 Å².